The van der Waals surface area contributed by atoms with Crippen molar-refractivity contribution in [3.05, 3.63) is 72.1 Å². The normalized spacial score (nSPS) is 10.4. The first-order valence-electron chi connectivity index (χ1n) is 7.43. The number of hydrogen-bond acceptors (Lipinski definition) is 4. The monoisotopic (exact) mass is 323 g/mol. The van der Waals surface area contributed by atoms with Crippen molar-refractivity contribution in [1.29, 1.82) is 0 Å². The third-order valence-electron chi connectivity index (χ3n) is 3.44. The molecule has 0 bridgehead atoms. The smallest absolute Gasteiger partial charge is 0.335 e. The summed E-state index contributed by atoms with van der Waals surface area (Å²) in [5.74, 6) is 0.485. The zero-order chi connectivity index (χ0) is 16.9. The molecule has 3 aromatic rings. The molecule has 122 valence electrons. The SMILES string of the molecule is Cn1cc(Oc2ccc(NCc3cccc(C(=O)O)c3)cc2)cn1. The van der Waals surface area contributed by atoms with E-state index in [-0.39, 0.29) is 5.56 Å². The number of benzene rings is 2. The van der Waals surface area contributed by atoms with Gasteiger partial charge in [-0.25, -0.2) is 4.79 Å². The summed E-state index contributed by atoms with van der Waals surface area (Å²) in [5, 5.41) is 16.3. The molecule has 2 N–H and O–H groups in total. The van der Waals surface area contributed by atoms with E-state index in [4.69, 9.17) is 9.84 Å². The zero-order valence-electron chi connectivity index (χ0n) is 13.1. The van der Waals surface area contributed by atoms with Crippen LogP contribution < -0.4 is 10.1 Å². The highest BCUT2D eigenvalue weighted by molar-refractivity contribution is 5.87. The molecule has 1 heterocycles. The molecule has 6 heteroatoms. The highest BCUT2D eigenvalue weighted by Gasteiger charge is 2.04. The Hall–Kier alpha value is -3.28. The summed E-state index contributed by atoms with van der Waals surface area (Å²) in [6, 6.07) is 14.4. The number of nitrogens with one attached hydrogen (secondary N) is 1. The fourth-order valence-corrected chi connectivity index (χ4v) is 2.25. The lowest BCUT2D eigenvalue weighted by Crippen LogP contribution is -2.02. The number of carboxylic acid groups (broad SMARTS) is 1. The Morgan fingerprint density at radius 2 is 2.00 bits per heavy atom. The van der Waals surface area contributed by atoms with Crippen molar-refractivity contribution in [2.24, 2.45) is 7.05 Å². The van der Waals surface area contributed by atoms with E-state index in [1.54, 1.807) is 35.3 Å². The average molecular weight is 323 g/mol. The average Bonchev–Trinajstić information content (AvgIpc) is 2.99. The van der Waals surface area contributed by atoms with Crippen LogP contribution >= 0.6 is 0 Å². The molecule has 3 rings (SSSR count). The van der Waals surface area contributed by atoms with Crippen LogP contribution in [-0.4, -0.2) is 20.9 Å². The number of carbonyl (C=O) groups is 1. The second-order valence-corrected chi connectivity index (χ2v) is 5.34. The van der Waals surface area contributed by atoms with Gasteiger partial charge in [-0.05, 0) is 42.0 Å². The van der Waals surface area contributed by atoms with Crippen LogP contribution in [0.2, 0.25) is 0 Å². The number of nitrogens with zero attached hydrogens (tertiary/aromatic N) is 2. The van der Waals surface area contributed by atoms with E-state index in [1.165, 1.54) is 0 Å². The molecule has 0 spiro atoms. The first-order chi connectivity index (χ1) is 11.6. The van der Waals surface area contributed by atoms with E-state index < -0.39 is 5.97 Å². The van der Waals surface area contributed by atoms with Crippen LogP contribution in [0.5, 0.6) is 11.5 Å². The quantitative estimate of drug-likeness (QED) is 0.726. The molecule has 2 aromatic carbocycles. The van der Waals surface area contributed by atoms with Gasteiger partial charge in [-0.3, -0.25) is 4.68 Å². The Balaban J connectivity index is 1.60. The van der Waals surface area contributed by atoms with Gasteiger partial charge in [0.15, 0.2) is 5.75 Å². The molecule has 0 radical (unpaired) electrons. The van der Waals surface area contributed by atoms with E-state index in [1.807, 2.05) is 37.4 Å². The first-order valence-corrected chi connectivity index (χ1v) is 7.43. The Morgan fingerprint density at radius 3 is 2.67 bits per heavy atom. The van der Waals surface area contributed by atoms with E-state index in [0.29, 0.717) is 12.3 Å². The van der Waals surface area contributed by atoms with Crippen LogP contribution in [0.1, 0.15) is 15.9 Å². The van der Waals surface area contributed by atoms with Crippen molar-refractivity contribution in [2.45, 2.75) is 6.54 Å². The number of anilines is 1. The Bertz CT molecular complexity index is 841. The summed E-state index contributed by atoms with van der Waals surface area (Å²) in [6.07, 6.45) is 3.45. The van der Waals surface area contributed by atoms with Crippen molar-refractivity contribution < 1.29 is 14.6 Å². The van der Waals surface area contributed by atoms with Gasteiger partial charge in [-0.15, -0.1) is 0 Å². The van der Waals surface area contributed by atoms with Gasteiger partial charge in [0.05, 0.1) is 18.0 Å². The fourth-order valence-electron chi connectivity index (χ4n) is 2.25. The molecule has 0 atom stereocenters. The van der Waals surface area contributed by atoms with Gasteiger partial charge >= 0.3 is 5.97 Å². The molecule has 0 saturated heterocycles. The molecule has 0 saturated carbocycles. The Kier molecular flexibility index (Phi) is 4.47. The molecule has 0 aliphatic heterocycles. The van der Waals surface area contributed by atoms with Crippen LogP contribution in [0.3, 0.4) is 0 Å². The first kappa shape index (κ1) is 15.6. The summed E-state index contributed by atoms with van der Waals surface area (Å²) < 4.78 is 7.36. The van der Waals surface area contributed by atoms with Gasteiger partial charge < -0.3 is 15.2 Å². The lowest BCUT2D eigenvalue weighted by molar-refractivity contribution is 0.0696. The Labute approximate surface area is 139 Å². The number of rotatable bonds is 6. The van der Waals surface area contributed by atoms with Crippen molar-refractivity contribution in [2.75, 3.05) is 5.32 Å². The number of ether oxygens (including phenoxy) is 1. The summed E-state index contributed by atoms with van der Waals surface area (Å²) in [6.45, 7) is 0.546. The minimum Gasteiger partial charge on any atom is -0.478 e. The van der Waals surface area contributed by atoms with Gasteiger partial charge in [0.1, 0.15) is 5.75 Å². The minimum atomic E-state index is -0.922. The molecule has 0 amide bonds. The molecule has 0 aliphatic carbocycles. The molecule has 1 aromatic heterocycles. The Morgan fingerprint density at radius 1 is 1.21 bits per heavy atom. The number of hydrogen-bond donors (Lipinski definition) is 2. The van der Waals surface area contributed by atoms with Gasteiger partial charge in [-0.2, -0.15) is 5.10 Å². The van der Waals surface area contributed by atoms with Gasteiger partial charge in [0.25, 0.3) is 0 Å². The number of aromatic nitrogens is 2. The molecular weight excluding hydrogens is 306 g/mol. The molecule has 0 fully saturated rings. The van der Waals surface area contributed by atoms with E-state index in [9.17, 15) is 4.79 Å². The summed E-state index contributed by atoms with van der Waals surface area (Å²) in [5.41, 5.74) is 2.12. The third kappa shape index (κ3) is 3.92. The van der Waals surface area contributed by atoms with Crippen LogP contribution in [0.15, 0.2) is 60.9 Å². The molecular formula is C18H17N3O3. The standard InChI is InChI=1S/C18H17N3O3/c1-21-12-17(11-20-21)24-16-7-5-15(6-8-16)19-10-13-3-2-4-14(9-13)18(22)23/h2-9,11-12,19H,10H2,1H3,(H,22,23). The van der Waals surface area contributed by atoms with Gasteiger partial charge in [0.2, 0.25) is 0 Å². The van der Waals surface area contributed by atoms with Gasteiger partial charge in [0, 0.05) is 19.3 Å². The van der Waals surface area contributed by atoms with Crippen molar-refractivity contribution in [1.82, 2.24) is 9.78 Å². The number of aromatic carboxylic acids is 1. The lowest BCUT2D eigenvalue weighted by Gasteiger charge is -2.08. The second-order valence-electron chi connectivity index (χ2n) is 5.34. The molecule has 24 heavy (non-hydrogen) atoms. The van der Waals surface area contributed by atoms with E-state index >= 15 is 0 Å². The summed E-state index contributed by atoms with van der Waals surface area (Å²) in [7, 11) is 1.83. The molecule has 0 unspecified atom stereocenters. The van der Waals surface area contributed by atoms with Crippen LogP contribution in [-0.2, 0) is 13.6 Å². The van der Waals surface area contributed by atoms with Crippen LogP contribution in [0.25, 0.3) is 0 Å². The van der Waals surface area contributed by atoms with Gasteiger partial charge in [-0.1, -0.05) is 12.1 Å². The number of carboxylic acids is 1. The maximum Gasteiger partial charge on any atom is 0.335 e. The minimum absolute atomic E-state index is 0.287. The molecule has 0 aliphatic rings. The van der Waals surface area contributed by atoms with Crippen LogP contribution in [0.4, 0.5) is 5.69 Å². The number of aryl methyl sites for hydroxylation is 1. The predicted octanol–water partition coefficient (Wildman–Crippen LogP) is 3.52. The largest absolute Gasteiger partial charge is 0.478 e. The highest BCUT2D eigenvalue weighted by Crippen LogP contribution is 2.22. The second kappa shape index (κ2) is 6.87. The summed E-state index contributed by atoms with van der Waals surface area (Å²) >= 11 is 0. The third-order valence-corrected chi connectivity index (χ3v) is 3.44. The van der Waals surface area contributed by atoms with Crippen molar-refractivity contribution in [3.63, 3.8) is 0 Å². The maximum atomic E-state index is 11.0. The van der Waals surface area contributed by atoms with Crippen molar-refractivity contribution in [3.8, 4) is 11.5 Å². The van der Waals surface area contributed by atoms with Crippen molar-refractivity contribution >= 4 is 11.7 Å². The fraction of sp³-hybridized carbons (Fsp3) is 0.111. The lowest BCUT2D eigenvalue weighted by atomic mass is 10.1. The highest BCUT2D eigenvalue weighted by atomic mass is 16.5. The zero-order valence-corrected chi connectivity index (χ0v) is 13.1. The summed E-state index contributed by atoms with van der Waals surface area (Å²) in [4.78, 5) is 11.0. The molecule has 6 nitrogen and oxygen atoms in total. The van der Waals surface area contributed by atoms with E-state index in [2.05, 4.69) is 10.4 Å². The van der Waals surface area contributed by atoms with E-state index in [0.717, 1.165) is 17.0 Å². The van der Waals surface area contributed by atoms with Crippen LogP contribution in [0, 0.1) is 0 Å². The topological polar surface area (TPSA) is 76.4 Å². The predicted molar refractivity (Wildman–Crippen MR) is 90.5 cm³/mol. The maximum absolute atomic E-state index is 11.0.